The lowest BCUT2D eigenvalue weighted by Crippen LogP contribution is -2.25. The summed E-state index contributed by atoms with van der Waals surface area (Å²) in [6.07, 6.45) is 2.41. The minimum absolute atomic E-state index is 0.123. The van der Waals surface area contributed by atoms with Crippen molar-refractivity contribution in [3.05, 3.63) is 114 Å². The number of rotatable bonds is 10. The fourth-order valence-electron chi connectivity index (χ4n) is 5.44. The van der Waals surface area contributed by atoms with Crippen molar-refractivity contribution in [3.63, 3.8) is 0 Å². The van der Waals surface area contributed by atoms with Crippen LogP contribution in [0.15, 0.2) is 91.0 Å². The molecule has 6 aromatic rings. The lowest BCUT2D eigenvalue weighted by atomic mass is 9.98. The number of anilines is 1. The number of H-pyrrole nitrogens is 1. The summed E-state index contributed by atoms with van der Waals surface area (Å²) >= 11 is 4.60. The van der Waals surface area contributed by atoms with Crippen molar-refractivity contribution in [1.82, 2.24) is 30.2 Å². The lowest BCUT2D eigenvalue weighted by Gasteiger charge is -2.14. The van der Waals surface area contributed by atoms with Gasteiger partial charge in [-0.2, -0.15) is 17.8 Å². The second kappa shape index (κ2) is 12.6. The van der Waals surface area contributed by atoms with Gasteiger partial charge in [0.1, 0.15) is 5.82 Å². The first kappa shape index (κ1) is 28.4. The van der Waals surface area contributed by atoms with Crippen LogP contribution in [0.1, 0.15) is 35.9 Å². The molecule has 4 aromatic carbocycles. The number of thiol groups is 1. The summed E-state index contributed by atoms with van der Waals surface area (Å²) < 4.78 is 2.27. The molecule has 0 saturated heterocycles. The van der Waals surface area contributed by atoms with Crippen LogP contribution in [0.2, 0.25) is 0 Å². The van der Waals surface area contributed by atoms with Crippen LogP contribution in [0.4, 0.5) is 5.69 Å². The third-order valence-electron chi connectivity index (χ3n) is 7.56. The highest BCUT2D eigenvalue weighted by Crippen LogP contribution is 2.31. The molecule has 0 aliphatic heterocycles. The van der Waals surface area contributed by atoms with Gasteiger partial charge in [0, 0.05) is 24.2 Å². The SMILES string of the molecule is CCCc1nc2c(C)cc(NC(=O)[C@@H](S)Cc3ccccc3)cc2n1Cc1ccc(-c2ccccc2-c2nn[nH]n2)cc1. The van der Waals surface area contributed by atoms with E-state index in [-0.39, 0.29) is 5.91 Å². The van der Waals surface area contributed by atoms with Crippen LogP contribution in [0.25, 0.3) is 33.5 Å². The number of amides is 1. The van der Waals surface area contributed by atoms with Gasteiger partial charge in [-0.05, 0) is 64.9 Å². The summed E-state index contributed by atoms with van der Waals surface area (Å²) in [6, 6.07) is 30.6. The number of imidazole rings is 1. The van der Waals surface area contributed by atoms with Gasteiger partial charge in [0.2, 0.25) is 11.7 Å². The van der Waals surface area contributed by atoms with Gasteiger partial charge in [-0.15, -0.1) is 10.2 Å². The molecule has 0 aliphatic rings. The van der Waals surface area contributed by atoms with Crippen molar-refractivity contribution in [2.45, 2.75) is 44.9 Å². The number of hydrogen-bond acceptors (Lipinski definition) is 6. The number of carbonyl (C=O) groups excluding carboxylic acids is 1. The smallest absolute Gasteiger partial charge is 0.237 e. The van der Waals surface area contributed by atoms with E-state index < -0.39 is 5.25 Å². The van der Waals surface area contributed by atoms with E-state index in [1.165, 1.54) is 0 Å². The molecule has 2 heterocycles. The maximum absolute atomic E-state index is 13.1. The van der Waals surface area contributed by atoms with Gasteiger partial charge in [-0.1, -0.05) is 85.8 Å². The Morgan fingerprint density at radius 2 is 1.70 bits per heavy atom. The Labute approximate surface area is 256 Å². The molecule has 0 bridgehead atoms. The molecule has 6 rings (SSSR count). The quantitative estimate of drug-likeness (QED) is 0.155. The van der Waals surface area contributed by atoms with Crippen LogP contribution >= 0.6 is 12.6 Å². The lowest BCUT2D eigenvalue weighted by molar-refractivity contribution is -0.115. The van der Waals surface area contributed by atoms with Gasteiger partial charge in [0.25, 0.3) is 0 Å². The second-order valence-electron chi connectivity index (χ2n) is 10.7. The molecule has 0 aliphatic carbocycles. The Morgan fingerprint density at radius 3 is 2.42 bits per heavy atom. The van der Waals surface area contributed by atoms with E-state index in [1.54, 1.807) is 0 Å². The van der Waals surface area contributed by atoms with Crippen molar-refractivity contribution < 1.29 is 4.79 Å². The van der Waals surface area contributed by atoms with E-state index in [0.717, 1.165) is 68.8 Å². The second-order valence-corrected chi connectivity index (χ2v) is 11.3. The van der Waals surface area contributed by atoms with Crippen molar-refractivity contribution in [2.75, 3.05) is 5.32 Å². The number of aromatic amines is 1. The monoisotopic (exact) mass is 587 g/mol. The highest BCUT2D eigenvalue weighted by molar-refractivity contribution is 7.81. The van der Waals surface area contributed by atoms with Crippen molar-refractivity contribution in [1.29, 1.82) is 0 Å². The topological polar surface area (TPSA) is 101 Å². The molecule has 43 heavy (non-hydrogen) atoms. The molecule has 1 amide bonds. The number of fused-ring (bicyclic) bond motifs is 1. The summed E-state index contributed by atoms with van der Waals surface area (Å²) in [6.45, 7) is 4.87. The summed E-state index contributed by atoms with van der Waals surface area (Å²) in [5.74, 6) is 1.48. The van der Waals surface area contributed by atoms with Crippen molar-refractivity contribution in [3.8, 4) is 22.5 Å². The molecule has 9 heteroatoms. The molecule has 0 saturated carbocycles. The molecule has 0 spiro atoms. The molecule has 1 atom stereocenters. The third-order valence-corrected chi connectivity index (χ3v) is 7.98. The number of carbonyl (C=O) groups is 1. The first-order valence-electron chi connectivity index (χ1n) is 14.4. The van der Waals surface area contributed by atoms with E-state index in [1.807, 2.05) is 67.6 Å². The Morgan fingerprint density at radius 1 is 0.953 bits per heavy atom. The molecular weight excluding hydrogens is 554 g/mol. The zero-order valence-electron chi connectivity index (χ0n) is 24.2. The number of aromatic nitrogens is 6. The zero-order valence-corrected chi connectivity index (χ0v) is 25.1. The Hall–Kier alpha value is -4.76. The Bertz CT molecular complexity index is 1850. The minimum Gasteiger partial charge on any atom is -0.325 e. The van der Waals surface area contributed by atoms with Crippen LogP contribution < -0.4 is 5.32 Å². The fraction of sp³-hybridized carbons (Fsp3) is 0.206. The number of nitrogens with one attached hydrogen (secondary N) is 2. The summed E-state index contributed by atoms with van der Waals surface area (Å²) in [5.41, 5.74) is 9.01. The highest BCUT2D eigenvalue weighted by Gasteiger charge is 2.18. The van der Waals surface area contributed by atoms with Gasteiger partial charge >= 0.3 is 0 Å². The van der Waals surface area contributed by atoms with Gasteiger partial charge in [0.05, 0.1) is 16.3 Å². The van der Waals surface area contributed by atoms with Gasteiger partial charge in [-0.3, -0.25) is 4.79 Å². The summed E-state index contributed by atoms with van der Waals surface area (Å²) in [7, 11) is 0. The zero-order chi connectivity index (χ0) is 29.8. The number of nitrogens with zero attached hydrogens (tertiary/aromatic N) is 5. The predicted molar refractivity (Wildman–Crippen MR) is 174 cm³/mol. The van der Waals surface area contributed by atoms with E-state index in [0.29, 0.717) is 18.8 Å². The van der Waals surface area contributed by atoms with Crippen LogP contribution in [-0.2, 0) is 24.2 Å². The standard InChI is InChI=1S/C34H33N7OS/c1-3-9-31-36-32-22(2)18-26(35-34(42)30(43)19-23-10-5-4-6-11-23)20-29(32)41(31)21-24-14-16-25(17-15-24)27-12-7-8-13-28(27)33-37-39-40-38-33/h4-8,10-18,20,30,43H,3,9,19,21H2,1-2H3,(H,35,42)(H,37,38,39,40)/t30-/m0/s1. The largest absolute Gasteiger partial charge is 0.325 e. The molecule has 216 valence electrons. The van der Waals surface area contributed by atoms with Crippen molar-refractivity contribution >= 4 is 35.3 Å². The minimum atomic E-state index is -0.456. The normalized spacial score (nSPS) is 12.0. The van der Waals surface area contributed by atoms with Crippen molar-refractivity contribution in [2.24, 2.45) is 0 Å². The van der Waals surface area contributed by atoms with Crippen LogP contribution in [-0.4, -0.2) is 41.3 Å². The average Bonchev–Trinajstić information content (AvgIpc) is 3.68. The Balaban J connectivity index is 1.27. The fourth-order valence-corrected chi connectivity index (χ4v) is 5.71. The van der Waals surface area contributed by atoms with E-state index >= 15 is 0 Å². The molecular formula is C34H33N7OS. The molecule has 0 unspecified atom stereocenters. The number of aryl methyl sites for hydroxylation is 2. The predicted octanol–water partition coefficient (Wildman–Crippen LogP) is 6.67. The summed E-state index contributed by atoms with van der Waals surface area (Å²) in [5, 5.41) is 17.2. The van der Waals surface area contributed by atoms with Crippen LogP contribution in [0.3, 0.4) is 0 Å². The molecule has 0 radical (unpaired) electrons. The van der Waals surface area contributed by atoms with Crippen LogP contribution in [0.5, 0.6) is 0 Å². The number of hydrogen-bond donors (Lipinski definition) is 3. The molecule has 2 N–H and O–H groups in total. The molecule has 2 aromatic heterocycles. The maximum atomic E-state index is 13.1. The first-order chi connectivity index (χ1) is 21.0. The van der Waals surface area contributed by atoms with Crippen LogP contribution in [0, 0.1) is 6.92 Å². The Kier molecular flexibility index (Phi) is 8.33. The van der Waals surface area contributed by atoms with E-state index in [9.17, 15) is 4.79 Å². The highest BCUT2D eigenvalue weighted by atomic mass is 32.1. The van der Waals surface area contributed by atoms with Gasteiger partial charge in [-0.25, -0.2) is 4.98 Å². The maximum Gasteiger partial charge on any atom is 0.237 e. The van der Waals surface area contributed by atoms with Gasteiger partial charge in [0.15, 0.2) is 0 Å². The third kappa shape index (κ3) is 6.22. The average molecular weight is 588 g/mol. The number of tetrazole rings is 1. The van der Waals surface area contributed by atoms with E-state index in [4.69, 9.17) is 4.98 Å². The first-order valence-corrected chi connectivity index (χ1v) is 15.0. The summed E-state index contributed by atoms with van der Waals surface area (Å²) in [4.78, 5) is 18.1. The van der Waals surface area contributed by atoms with Gasteiger partial charge < -0.3 is 9.88 Å². The molecule has 8 nitrogen and oxygen atoms in total. The number of benzene rings is 4. The molecule has 0 fully saturated rings. The van der Waals surface area contributed by atoms with E-state index in [2.05, 4.69) is 80.4 Å².